The average Bonchev–Trinajstić information content (AvgIpc) is 2.74. The van der Waals surface area contributed by atoms with Crippen molar-refractivity contribution in [2.45, 2.75) is 6.54 Å². The first kappa shape index (κ1) is 15.1. The maximum absolute atomic E-state index is 13.5. The molecule has 0 aliphatic carbocycles. The molecule has 1 heterocycles. The van der Waals surface area contributed by atoms with Gasteiger partial charge >= 0.3 is 0 Å². The molecule has 2 N–H and O–H groups in total. The Morgan fingerprint density at radius 2 is 2.05 bits per heavy atom. The van der Waals surface area contributed by atoms with Gasteiger partial charge in [0.05, 0.1) is 16.3 Å². The number of hydrogen-bond acceptors (Lipinski definition) is 4. The second-order valence-electron chi connectivity index (χ2n) is 4.13. The van der Waals surface area contributed by atoms with Crippen molar-refractivity contribution in [2.75, 3.05) is 16.3 Å². The van der Waals surface area contributed by atoms with E-state index < -0.39 is 15.8 Å². The number of anilines is 2. The van der Waals surface area contributed by atoms with Crippen LogP contribution in [0.25, 0.3) is 0 Å². The van der Waals surface area contributed by atoms with Gasteiger partial charge in [0.15, 0.2) is 0 Å². The van der Waals surface area contributed by atoms with E-state index in [1.807, 2.05) is 6.07 Å². The minimum absolute atomic E-state index is 0.0817. The zero-order valence-electron chi connectivity index (χ0n) is 10.5. The van der Waals surface area contributed by atoms with E-state index in [4.69, 9.17) is 11.6 Å². The van der Waals surface area contributed by atoms with Crippen LogP contribution in [0.5, 0.6) is 0 Å². The fourth-order valence-electron chi connectivity index (χ4n) is 1.55. The Kier molecular flexibility index (Phi) is 4.52. The fourth-order valence-corrected chi connectivity index (χ4v) is 3.13. The quantitative estimate of drug-likeness (QED) is 0.879. The smallest absolute Gasteiger partial charge is 0.229 e. The average molecular weight is 335 g/mol. The van der Waals surface area contributed by atoms with E-state index in [1.54, 1.807) is 6.07 Å². The predicted octanol–water partition coefficient (Wildman–Crippen LogP) is 3.52. The number of rotatable bonds is 5. The van der Waals surface area contributed by atoms with Crippen molar-refractivity contribution in [3.05, 3.63) is 45.4 Å². The molecule has 0 unspecified atom stereocenters. The lowest BCUT2D eigenvalue weighted by atomic mass is 10.2. The van der Waals surface area contributed by atoms with Crippen LogP contribution in [-0.4, -0.2) is 14.7 Å². The summed E-state index contributed by atoms with van der Waals surface area (Å²) in [7, 11) is -3.51. The van der Waals surface area contributed by atoms with E-state index in [0.29, 0.717) is 16.6 Å². The van der Waals surface area contributed by atoms with E-state index in [-0.39, 0.29) is 5.69 Å². The molecular weight excluding hydrogens is 323 g/mol. The van der Waals surface area contributed by atoms with Gasteiger partial charge in [-0.25, -0.2) is 12.8 Å². The number of benzene rings is 1. The number of thiophene rings is 1. The summed E-state index contributed by atoms with van der Waals surface area (Å²) in [5.41, 5.74) is 0.531. The van der Waals surface area contributed by atoms with Gasteiger partial charge in [-0.2, -0.15) is 0 Å². The summed E-state index contributed by atoms with van der Waals surface area (Å²) in [4.78, 5) is 1.02. The van der Waals surface area contributed by atoms with Crippen molar-refractivity contribution in [3.8, 4) is 0 Å². The molecule has 0 bridgehead atoms. The van der Waals surface area contributed by atoms with Crippen LogP contribution >= 0.6 is 22.9 Å². The molecule has 0 saturated heterocycles. The first-order valence-corrected chi connectivity index (χ1v) is 8.67. The van der Waals surface area contributed by atoms with Crippen molar-refractivity contribution in [3.63, 3.8) is 0 Å². The molecule has 8 heteroatoms. The van der Waals surface area contributed by atoms with E-state index in [1.165, 1.54) is 29.5 Å². The van der Waals surface area contributed by atoms with E-state index in [0.717, 1.165) is 11.1 Å². The number of sulfonamides is 1. The molecule has 0 saturated carbocycles. The molecule has 0 aliphatic heterocycles. The Morgan fingerprint density at radius 1 is 1.30 bits per heavy atom. The van der Waals surface area contributed by atoms with Crippen LogP contribution in [0.2, 0.25) is 4.34 Å². The molecule has 2 aromatic rings. The fraction of sp³-hybridized carbons (Fsp3) is 0.167. The normalized spacial score (nSPS) is 11.3. The third kappa shape index (κ3) is 4.36. The van der Waals surface area contributed by atoms with Gasteiger partial charge in [0, 0.05) is 17.1 Å². The third-order valence-electron chi connectivity index (χ3n) is 2.36. The summed E-state index contributed by atoms with van der Waals surface area (Å²) >= 11 is 7.27. The minimum atomic E-state index is -3.51. The standard InChI is InChI=1S/C12H12ClFN2O2S2/c1-20(17,18)16-11-6-8(2-4-10(11)14)15-7-9-3-5-12(13)19-9/h2-6,15-16H,7H2,1H3. The summed E-state index contributed by atoms with van der Waals surface area (Å²) in [6.45, 7) is 0.529. The molecule has 0 fully saturated rings. The minimum Gasteiger partial charge on any atom is -0.380 e. The van der Waals surface area contributed by atoms with Crippen molar-refractivity contribution in [2.24, 2.45) is 0 Å². The number of halogens is 2. The molecule has 1 aromatic carbocycles. The van der Waals surface area contributed by atoms with Gasteiger partial charge < -0.3 is 5.32 Å². The molecule has 2 rings (SSSR count). The highest BCUT2D eigenvalue weighted by Gasteiger charge is 2.08. The molecule has 0 radical (unpaired) electrons. The lowest BCUT2D eigenvalue weighted by Crippen LogP contribution is -2.11. The van der Waals surface area contributed by atoms with Crippen LogP contribution in [-0.2, 0) is 16.6 Å². The predicted molar refractivity (Wildman–Crippen MR) is 81.5 cm³/mol. The maximum atomic E-state index is 13.5. The first-order valence-electron chi connectivity index (χ1n) is 5.59. The monoisotopic (exact) mass is 334 g/mol. The second kappa shape index (κ2) is 5.99. The van der Waals surface area contributed by atoms with E-state index in [9.17, 15) is 12.8 Å². The van der Waals surface area contributed by atoms with Crippen molar-refractivity contribution in [1.82, 2.24) is 0 Å². The molecule has 0 amide bonds. The maximum Gasteiger partial charge on any atom is 0.229 e. The molecule has 0 spiro atoms. The molecular formula is C12H12ClFN2O2S2. The van der Waals surface area contributed by atoms with Gasteiger partial charge in [-0.3, -0.25) is 4.72 Å². The second-order valence-corrected chi connectivity index (χ2v) is 7.68. The zero-order chi connectivity index (χ0) is 14.8. The van der Waals surface area contributed by atoms with Crippen LogP contribution in [0.4, 0.5) is 15.8 Å². The number of nitrogens with one attached hydrogen (secondary N) is 2. The SMILES string of the molecule is CS(=O)(=O)Nc1cc(NCc2ccc(Cl)s2)ccc1F. The van der Waals surface area contributed by atoms with Crippen LogP contribution < -0.4 is 10.0 Å². The zero-order valence-corrected chi connectivity index (χ0v) is 12.9. The highest BCUT2D eigenvalue weighted by atomic mass is 35.5. The summed E-state index contributed by atoms with van der Waals surface area (Å²) in [6, 6.07) is 7.84. The largest absolute Gasteiger partial charge is 0.380 e. The summed E-state index contributed by atoms with van der Waals surface area (Å²) in [5.74, 6) is -0.625. The molecule has 20 heavy (non-hydrogen) atoms. The molecule has 108 valence electrons. The van der Waals surface area contributed by atoms with E-state index >= 15 is 0 Å². The van der Waals surface area contributed by atoms with E-state index in [2.05, 4.69) is 10.0 Å². The first-order chi connectivity index (χ1) is 9.33. The Bertz CT molecular complexity index is 716. The van der Waals surface area contributed by atoms with Crippen LogP contribution in [0, 0.1) is 5.82 Å². The highest BCUT2D eigenvalue weighted by Crippen LogP contribution is 2.24. The summed E-state index contributed by atoms with van der Waals surface area (Å²) in [6.07, 6.45) is 0.972. The van der Waals surface area contributed by atoms with Crippen LogP contribution in [0.3, 0.4) is 0 Å². The Balaban J connectivity index is 2.11. The molecule has 4 nitrogen and oxygen atoms in total. The van der Waals surface area contributed by atoms with Gasteiger partial charge in [-0.15, -0.1) is 11.3 Å². The van der Waals surface area contributed by atoms with Crippen molar-refractivity contribution < 1.29 is 12.8 Å². The van der Waals surface area contributed by atoms with Crippen molar-refractivity contribution >= 4 is 44.3 Å². The van der Waals surface area contributed by atoms with Gasteiger partial charge in [0.2, 0.25) is 10.0 Å². The Morgan fingerprint density at radius 3 is 2.65 bits per heavy atom. The third-order valence-corrected chi connectivity index (χ3v) is 4.18. The Labute approximate surface area is 125 Å². The van der Waals surface area contributed by atoms with Gasteiger partial charge in [0.1, 0.15) is 5.82 Å². The summed E-state index contributed by atoms with van der Waals surface area (Å²) in [5, 5.41) is 3.08. The van der Waals surface area contributed by atoms with Gasteiger partial charge in [-0.1, -0.05) is 11.6 Å². The Hall–Kier alpha value is -1.31. The lowest BCUT2D eigenvalue weighted by Gasteiger charge is -2.09. The number of hydrogen-bond donors (Lipinski definition) is 2. The van der Waals surface area contributed by atoms with Crippen LogP contribution in [0.1, 0.15) is 4.88 Å². The summed E-state index contributed by atoms with van der Waals surface area (Å²) < 4.78 is 38.6. The molecule has 0 aliphatic rings. The molecule has 1 aromatic heterocycles. The van der Waals surface area contributed by atoms with Gasteiger partial charge in [0.25, 0.3) is 0 Å². The molecule has 0 atom stereocenters. The highest BCUT2D eigenvalue weighted by molar-refractivity contribution is 7.92. The van der Waals surface area contributed by atoms with Crippen molar-refractivity contribution in [1.29, 1.82) is 0 Å². The van der Waals surface area contributed by atoms with Gasteiger partial charge in [-0.05, 0) is 30.3 Å². The lowest BCUT2D eigenvalue weighted by molar-refractivity contribution is 0.604. The topological polar surface area (TPSA) is 58.2 Å². The van der Waals surface area contributed by atoms with Crippen LogP contribution in [0.15, 0.2) is 30.3 Å².